The summed E-state index contributed by atoms with van der Waals surface area (Å²) in [6, 6.07) is 5.89. The first-order chi connectivity index (χ1) is 8.47. The number of halogens is 1. The lowest BCUT2D eigenvalue weighted by Gasteiger charge is -2.13. The molecule has 1 N–H and O–H groups in total. The fraction of sp³-hybridized carbons (Fsp3) is 0.231. The van der Waals surface area contributed by atoms with Crippen molar-refractivity contribution >= 4 is 16.8 Å². The van der Waals surface area contributed by atoms with Crippen molar-refractivity contribution in [2.75, 3.05) is 14.1 Å². The van der Waals surface area contributed by atoms with E-state index in [-0.39, 0.29) is 11.7 Å². The molecule has 2 aromatic rings. The van der Waals surface area contributed by atoms with Crippen LogP contribution in [0, 0.1) is 12.7 Å². The molecule has 0 radical (unpaired) electrons. The van der Waals surface area contributed by atoms with Crippen molar-refractivity contribution in [3.8, 4) is 0 Å². The molecule has 18 heavy (non-hydrogen) atoms. The van der Waals surface area contributed by atoms with Crippen LogP contribution in [-0.2, 0) is 0 Å². The number of amides is 1. The first-order valence-corrected chi connectivity index (χ1v) is 5.52. The van der Waals surface area contributed by atoms with E-state index in [9.17, 15) is 9.18 Å². The number of carbonyl (C=O) groups excluding carboxylic acids is 1. The monoisotopic (exact) mass is 247 g/mol. The molecule has 0 aliphatic heterocycles. The lowest BCUT2D eigenvalue weighted by molar-refractivity contribution is 0.0858. The van der Waals surface area contributed by atoms with Gasteiger partial charge in [-0.25, -0.2) is 9.40 Å². The van der Waals surface area contributed by atoms with Crippen LogP contribution in [0.15, 0.2) is 24.3 Å². The molecule has 0 unspecified atom stereocenters. The van der Waals surface area contributed by atoms with Crippen molar-refractivity contribution in [3.05, 3.63) is 41.3 Å². The standard InChI is InChI=1S/C13H14FN3O/c1-8-6-11(13(18)16-17(2)3)10-7-9(14)4-5-12(10)15-8/h4-7H,1-3H3,(H,16,18). The minimum absolute atomic E-state index is 0.277. The SMILES string of the molecule is Cc1cc(C(=O)NN(C)C)c2cc(F)ccc2n1. The van der Waals surface area contributed by atoms with Crippen molar-refractivity contribution in [2.24, 2.45) is 0 Å². The third-order valence-corrected chi connectivity index (χ3v) is 2.47. The Balaban J connectivity index is 2.61. The summed E-state index contributed by atoms with van der Waals surface area (Å²) in [5.41, 5.74) is 4.40. The molecule has 1 amide bonds. The minimum atomic E-state index is -0.382. The Morgan fingerprint density at radius 3 is 2.72 bits per heavy atom. The zero-order valence-electron chi connectivity index (χ0n) is 10.5. The van der Waals surface area contributed by atoms with E-state index in [2.05, 4.69) is 10.4 Å². The molecular formula is C13H14FN3O. The third-order valence-electron chi connectivity index (χ3n) is 2.47. The molecule has 0 aliphatic rings. The number of fused-ring (bicyclic) bond motifs is 1. The van der Waals surface area contributed by atoms with E-state index in [1.807, 2.05) is 0 Å². The first-order valence-electron chi connectivity index (χ1n) is 5.52. The molecular weight excluding hydrogens is 233 g/mol. The average Bonchev–Trinajstić information content (AvgIpc) is 2.27. The largest absolute Gasteiger partial charge is 0.285 e. The molecule has 94 valence electrons. The second-order valence-electron chi connectivity index (χ2n) is 4.31. The van der Waals surface area contributed by atoms with E-state index in [0.29, 0.717) is 16.5 Å². The van der Waals surface area contributed by atoms with E-state index in [1.54, 1.807) is 38.2 Å². The number of pyridine rings is 1. The number of rotatable bonds is 2. The number of carbonyl (C=O) groups is 1. The summed E-state index contributed by atoms with van der Waals surface area (Å²) in [5.74, 6) is -0.659. The predicted octanol–water partition coefficient (Wildman–Crippen LogP) is 1.89. The maximum Gasteiger partial charge on any atom is 0.266 e. The van der Waals surface area contributed by atoms with Crippen molar-refractivity contribution in [2.45, 2.75) is 6.92 Å². The van der Waals surface area contributed by atoms with Crippen molar-refractivity contribution in [1.29, 1.82) is 0 Å². The maximum absolute atomic E-state index is 13.3. The Morgan fingerprint density at radius 1 is 1.33 bits per heavy atom. The molecule has 0 atom stereocenters. The summed E-state index contributed by atoms with van der Waals surface area (Å²) in [7, 11) is 3.43. The van der Waals surface area contributed by atoms with Crippen molar-refractivity contribution in [1.82, 2.24) is 15.4 Å². The summed E-state index contributed by atoms with van der Waals surface area (Å²) < 4.78 is 13.3. The summed E-state index contributed by atoms with van der Waals surface area (Å²) in [6.07, 6.45) is 0. The van der Waals surface area contributed by atoms with Gasteiger partial charge in [-0.1, -0.05) is 0 Å². The van der Waals surface area contributed by atoms with Gasteiger partial charge in [0, 0.05) is 25.2 Å². The van der Waals surface area contributed by atoms with E-state index >= 15 is 0 Å². The molecule has 1 aromatic heterocycles. The van der Waals surface area contributed by atoms with Crippen LogP contribution in [-0.4, -0.2) is 30.0 Å². The second kappa shape index (κ2) is 4.70. The van der Waals surface area contributed by atoms with E-state index in [1.165, 1.54) is 12.1 Å². The van der Waals surface area contributed by atoms with Crippen LogP contribution in [0.1, 0.15) is 16.1 Å². The lowest BCUT2D eigenvalue weighted by Crippen LogP contribution is -2.36. The topological polar surface area (TPSA) is 45.2 Å². The molecule has 2 rings (SSSR count). The van der Waals surface area contributed by atoms with E-state index in [4.69, 9.17) is 0 Å². The van der Waals surface area contributed by atoms with Crippen LogP contribution in [0.3, 0.4) is 0 Å². The van der Waals surface area contributed by atoms with Crippen LogP contribution >= 0.6 is 0 Å². The zero-order valence-corrected chi connectivity index (χ0v) is 10.5. The molecule has 0 fully saturated rings. The van der Waals surface area contributed by atoms with Gasteiger partial charge in [-0.15, -0.1) is 0 Å². The van der Waals surface area contributed by atoms with Gasteiger partial charge in [0.15, 0.2) is 0 Å². The zero-order chi connectivity index (χ0) is 13.3. The van der Waals surface area contributed by atoms with Gasteiger partial charge in [0.25, 0.3) is 5.91 Å². The summed E-state index contributed by atoms with van der Waals surface area (Å²) in [4.78, 5) is 16.3. The molecule has 0 aliphatic carbocycles. The Bertz CT molecular complexity index is 610. The molecule has 0 saturated heterocycles. The Hall–Kier alpha value is -2.01. The van der Waals surface area contributed by atoms with E-state index < -0.39 is 0 Å². The van der Waals surface area contributed by atoms with Crippen LogP contribution < -0.4 is 5.43 Å². The van der Waals surface area contributed by atoms with Gasteiger partial charge < -0.3 is 0 Å². The number of hydrogen-bond acceptors (Lipinski definition) is 3. The quantitative estimate of drug-likeness (QED) is 0.824. The molecule has 0 saturated carbocycles. The molecule has 5 heteroatoms. The van der Waals surface area contributed by atoms with Crippen LogP contribution in [0.2, 0.25) is 0 Å². The number of aryl methyl sites for hydroxylation is 1. The fourth-order valence-electron chi connectivity index (χ4n) is 1.78. The number of nitrogens with zero attached hydrogens (tertiary/aromatic N) is 2. The minimum Gasteiger partial charge on any atom is -0.285 e. The highest BCUT2D eigenvalue weighted by Crippen LogP contribution is 2.19. The van der Waals surface area contributed by atoms with Gasteiger partial charge in [-0.3, -0.25) is 15.2 Å². The highest BCUT2D eigenvalue weighted by atomic mass is 19.1. The normalized spacial score (nSPS) is 10.9. The van der Waals surface area contributed by atoms with Gasteiger partial charge in [0.1, 0.15) is 5.82 Å². The third kappa shape index (κ3) is 2.46. The van der Waals surface area contributed by atoms with Crippen LogP contribution in [0.25, 0.3) is 10.9 Å². The first kappa shape index (κ1) is 12.4. The Morgan fingerprint density at radius 2 is 2.06 bits per heavy atom. The Labute approximate surface area is 104 Å². The number of nitrogens with one attached hydrogen (secondary N) is 1. The fourth-order valence-corrected chi connectivity index (χ4v) is 1.78. The molecule has 1 aromatic carbocycles. The van der Waals surface area contributed by atoms with Gasteiger partial charge in [-0.2, -0.15) is 0 Å². The molecule has 0 spiro atoms. The smallest absolute Gasteiger partial charge is 0.266 e. The maximum atomic E-state index is 13.3. The van der Waals surface area contributed by atoms with Crippen molar-refractivity contribution < 1.29 is 9.18 Å². The Kier molecular flexibility index (Phi) is 3.25. The van der Waals surface area contributed by atoms with Gasteiger partial charge in [-0.05, 0) is 31.2 Å². The summed E-state index contributed by atoms with van der Waals surface area (Å²) in [5, 5.41) is 2.06. The van der Waals surface area contributed by atoms with Gasteiger partial charge in [0.2, 0.25) is 0 Å². The van der Waals surface area contributed by atoms with Crippen LogP contribution in [0.4, 0.5) is 4.39 Å². The summed E-state index contributed by atoms with van der Waals surface area (Å²) >= 11 is 0. The summed E-state index contributed by atoms with van der Waals surface area (Å²) in [6.45, 7) is 1.80. The van der Waals surface area contributed by atoms with Crippen molar-refractivity contribution in [3.63, 3.8) is 0 Å². The van der Waals surface area contributed by atoms with E-state index in [0.717, 1.165) is 5.69 Å². The van der Waals surface area contributed by atoms with Gasteiger partial charge >= 0.3 is 0 Å². The second-order valence-corrected chi connectivity index (χ2v) is 4.31. The lowest BCUT2D eigenvalue weighted by atomic mass is 10.1. The highest BCUT2D eigenvalue weighted by Gasteiger charge is 2.13. The predicted molar refractivity (Wildman–Crippen MR) is 67.6 cm³/mol. The van der Waals surface area contributed by atoms with Crippen LogP contribution in [0.5, 0.6) is 0 Å². The number of hydrazine groups is 1. The molecule has 0 bridgehead atoms. The molecule has 1 heterocycles. The highest BCUT2D eigenvalue weighted by molar-refractivity contribution is 6.06. The number of aromatic nitrogens is 1. The number of hydrogen-bond donors (Lipinski definition) is 1. The number of benzene rings is 1. The molecule has 4 nitrogen and oxygen atoms in total. The average molecular weight is 247 g/mol. The van der Waals surface area contributed by atoms with Gasteiger partial charge in [0.05, 0.1) is 11.1 Å².